The lowest BCUT2D eigenvalue weighted by Crippen LogP contribution is -2.31. The van der Waals surface area contributed by atoms with Crippen LogP contribution in [0.4, 0.5) is 0 Å². The maximum atomic E-state index is 12.5. The van der Waals surface area contributed by atoms with Gasteiger partial charge in [0.25, 0.3) is 5.91 Å². The van der Waals surface area contributed by atoms with Crippen molar-refractivity contribution in [1.82, 2.24) is 4.90 Å². The van der Waals surface area contributed by atoms with Crippen molar-refractivity contribution in [3.05, 3.63) is 65.2 Å². The van der Waals surface area contributed by atoms with E-state index in [1.54, 1.807) is 53.4 Å². The molecule has 0 aliphatic heterocycles. The number of nitriles is 1. The Morgan fingerprint density at radius 2 is 1.46 bits per heavy atom. The Hall–Kier alpha value is -3.59. The highest BCUT2D eigenvalue weighted by Gasteiger charge is 2.15. The van der Waals surface area contributed by atoms with Crippen LogP contribution in [0.25, 0.3) is 6.08 Å². The van der Waals surface area contributed by atoms with Gasteiger partial charge in [-0.1, -0.05) is 51.2 Å². The number of hydrogen-bond acceptors (Lipinski definition) is 5. The first-order valence-electron chi connectivity index (χ1n) is 12.5. The van der Waals surface area contributed by atoms with E-state index >= 15 is 0 Å². The van der Waals surface area contributed by atoms with Gasteiger partial charge in [-0.3, -0.25) is 4.79 Å². The second kappa shape index (κ2) is 15.3. The van der Waals surface area contributed by atoms with E-state index in [4.69, 9.17) is 9.47 Å². The molecule has 0 N–H and O–H groups in total. The summed E-state index contributed by atoms with van der Waals surface area (Å²) in [6.07, 6.45) is 8.80. The van der Waals surface area contributed by atoms with Crippen molar-refractivity contribution in [2.75, 3.05) is 19.7 Å². The average Bonchev–Trinajstić information content (AvgIpc) is 2.88. The fourth-order valence-electron chi connectivity index (χ4n) is 3.55. The number of carbonyl (C=O) groups excluding carboxylic acids is 2. The quantitative estimate of drug-likeness (QED) is 0.103. The topological polar surface area (TPSA) is 79.6 Å². The van der Waals surface area contributed by atoms with Crippen molar-refractivity contribution >= 4 is 18.0 Å². The number of esters is 1. The number of likely N-dealkylation sites (N-methyl/N-ethyl adjacent to an activating group) is 1. The van der Waals surface area contributed by atoms with Crippen LogP contribution in [0.15, 0.2) is 54.1 Å². The third-order valence-electron chi connectivity index (χ3n) is 5.66. The Kier molecular flexibility index (Phi) is 12.1. The number of ether oxygens (including phenoxy) is 2. The Morgan fingerprint density at radius 1 is 0.857 bits per heavy atom. The summed E-state index contributed by atoms with van der Waals surface area (Å²) >= 11 is 0. The summed E-state index contributed by atoms with van der Waals surface area (Å²) < 4.78 is 11.2. The Morgan fingerprint density at radius 3 is 2.06 bits per heavy atom. The highest BCUT2D eigenvalue weighted by molar-refractivity contribution is 6.01. The molecule has 0 bridgehead atoms. The van der Waals surface area contributed by atoms with Crippen LogP contribution in [0, 0.1) is 11.3 Å². The van der Waals surface area contributed by atoms with E-state index in [0.29, 0.717) is 36.6 Å². The van der Waals surface area contributed by atoms with Gasteiger partial charge in [-0.25, -0.2) is 4.79 Å². The van der Waals surface area contributed by atoms with Gasteiger partial charge >= 0.3 is 5.97 Å². The fraction of sp³-hybridized carbons (Fsp3) is 0.414. The van der Waals surface area contributed by atoms with Crippen LogP contribution in [0.5, 0.6) is 11.5 Å². The van der Waals surface area contributed by atoms with Crippen molar-refractivity contribution in [3.8, 4) is 17.6 Å². The zero-order chi connectivity index (χ0) is 25.5. The molecule has 0 heterocycles. The molecule has 0 aliphatic carbocycles. The minimum atomic E-state index is -0.467. The van der Waals surface area contributed by atoms with Crippen LogP contribution < -0.4 is 9.47 Å². The normalized spacial score (nSPS) is 11.0. The molecular weight excluding hydrogens is 440 g/mol. The van der Waals surface area contributed by atoms with E-state index in [2.05, 4.69) is 6.92 Å². The minimum absolute atomic E-state index is 0.0669. The van der Waals surface area contributed by atoms with Crippen molar-refractivity contribution in [3.63, 3.8) is 0 Å². The van der Waals surface area contributed by atoms with Crippen LogP contribution in [-0.4, -0.2) is 36.5 Å². The molecule has 0 fully saturated rings. The lowest BCUT2D eigenvalue weighted by Gasteiger charge is -2.17. The molecule has 1 amide bonds. The van der Waals surface area contributed by atoms with Gasteiger partial charge in [-0.15, -0.1) is 0 Å². The van der Waals surface area contributed by atoms with Crippen molar-refractivity contribution in [1.29, 1.82) is 5.26 Å². The highest BCUT2D eigenvalue weighted by Crippen LogP contribution is 2.19. The van der Waals surface area contributed by atoms with Gasteiger partial charge in [0, 0.05) is 13.1 Å². The molecule has 2 rings (SSSR count). The number of carbonyl (C=O) groups is 2. The maximum Gasteiger partial charge on any atom is 0.343 e. The predicted octanol–water partition coefficient (Wildman–Crippen LogP) is 6.42. The van der Waals surface area contributed by atoms with Gasteiger partial charge in [-0.05, 0) is 68.3 Å². The summed E-state index contributed by atoms with van der Waals surface area (Å²) in [6, 6.07) is 15.6. The highest BCUT2D eigenvalue weighted by atomic mass is 16.5. The average molecular weight is 477 g/mol. The van der Waals surface area contributed by atoms with E-state index in [0.717, 1.165) is 12.2 Å². The van der Waals surface area contributed by atoms with E-state index in [1.165, 1.54) is 38.2 Å². The number of nitrogens with zero attached hydrogens (tertiary/aromatic N) is 2. The fourth-order valence-corrected chi connectivity index (χ4v) is 3.55. The summed E-state index contributed by atoms with van der Waals surface area (Å²) in [6.45, 7) is 7.70. The monoisotopic (exact) mass is 476 g/mol. The van der Waals surface area contributed by atoms with E-state index in [9.17, 15) is 14.9 Å². The molecule has 186 valence electrons. The third-order valence-corrected chi connectivity index (χ3v) is 5.66. The van der Waals surface area contributed by atoms with Gasteiger partial charge in [0.15, 0.2) is 0 Å². The Balaban J connectivity index is 1.88. The van der Waals surface area contributed by atoms with E-state index in [-0.39, 0.29) is 11.5 Å². The molecule has 2 aromatic carbocycles. The third kappa shape index (κ3) is 9.29. The van der Waals surface area contributed by atoms with E-state index < -0.39 is 5.97 Å². The zero-order valence-corrected chi connectivity index (χ0v) is 21.1. The van der Waals surface area contributed by atoms with Gasteiger partial charge in [-0.2, -0.15) is 5.26 Å². The van der Waals surface area contributed by atoms with Crippen molar-refractivity contribution in [2.45, 2.75) is 59.3 Å². The molecular formula is C29H36N2O4. The molecule has 35 heavy (non-hydrogen) atoms. The maximum absolute atomic E-state index is 12.5. The van der Waals surface area contributed by atoms with Gasteiger partial charge in [0.1, 0.15) is 23.1 Å². The molecule has 0 radical (unpaired) electrons. The number of benzene rings is 2. The van der Waals surface area contributed by atoms with Crippen LogP contribution in [0.2, 0.25) is 0 Å². The molecule has 2 aromatic rings. The van der Waals surface area contributed by atoms with Gasteiger partial charge in [0.05, 0.1) is 12.2 Å². The zero-order valence-electron chi connectivity index (χ0n) is 21.1. The summed E-state index contributed by atoms with van der Waals surface area (Å²) in [7, 11) is 0. The summed E-state index contributed by atoms with van der Waals surface area (Å²) in [5.41, 5.74) is 1.17. The standard InChI is InChI=1S/C29H36N2O4/c1-4-7-8-9-10-11-20-34-26-18-14-24(15-19-26)29(33)35-27-16-12-23(13-17-27)21-25(22-30)28(32)31(5-2)6-3/h12-19,21H,4-11,20H2,1-3H3/b25-21-. The minimum Gasteiger partial charge on any atom is -0.494 e. The van der Waals surface area contributed by atoms with Gasteiger partial charge < -0.3 is 14.4 Å². The summed E-state index contributed by atoms with van der Waals surface area (Å²) in [5.74, 6) is 0.348. The lowest BCUT2D eigenvalue weighted by molar-refractivity contribution is -0.126. The van der Waals surface area contributed by atoms with Crippen molar-refractivity contribution in [2.24, 2.45) is 0 Å². The molecule has 0 unspecified atom stereocenters. The summed E-state index contributed by atoms with van der Waals surface area (Å²) in [4.78, 5) is 26.5. The molecule has 6 heteroatoms. The molecule has 0 saturated carbocycles. The number of hydrogen-bond donors (Lipinski definition) is 0. The largest absolute Gasteiger partial charge is 0.494 e. The predicted molar refractivity (Wildman–Crippen MR) is 138 cm³/mol. The van der Waals surface area contributed by atoms with Crippen LogP contribution in [0.1, 0.15) is 75.2 Å². The molecule has 6 nitrogen and oxygen atoms in total. The van der Waals surface area contributed by atoms with E-state index in [1.807, 2.05) is 19.9 Å². The first-order chi connectivity index (χ1) is 17.0. The molecule has 0 atom stereocenters. The Labute approximate surface area is 209 Å². The first-order valence-corrected chi connectivity index (χ1v) is 12.5. The van der Waals surface area contributed by atoms with Crippen LogP contribution >= 0.6 is 0 Å². The molecule has 0 aliphatic rings. The van der Waals surface area contributed by atoms with Crippen LogP contribution in [-0.2, 0) is 4.79 Å². The molecule has 0 aromatic heterocycles. The molecule has 0 spiro atoms. The summed E-state index contributed by atoms with van der Waals surface area (Å²) in [5, 5.41) is 9.37. The lowest BCUT2D eigenvalue weighted by atomic mass is 10.1. The number of amides is 1. The second-order valence-electron chi connectivity index (χ2n) is 8.25. The van der Waals surface area contributed by atoms with Crippen LogP contribution in [0.3, 0.4) is 0 Å². The second-order valence-corrected chi connectivity index (χ2v) is 8.25. The van der Waals surface area contributed by atoms with Gasteiger partial charge in [0.2, 0.25) is 0 Å². The number of rotatable bonds is 14. The smallest absolute Gasteiger partial charge is 0.343 e. The SMILES string of the molecule is CCCCCCCCOc1ccc(C(=O)Oc2ccc(/C=C(/C#N)C(=O)N(CC)CC)cc2)cc1. The number of unbranched alkanes of at least 4 members (excludes halogenated alkanes) is 5. The Bertz CT molecular complexity index is 1000. The van der Waals surface area contributed by atoms with Crippen molar-refractivity contribution < 1.29 is 19.1 Å². The molecule has 0 saturated heterocycles. The first kappa shape index (κ1) is 27.7.